The number of piperazine rings is 1. The van der Waals surface area contributed by atoms with Crippen LogP contribution in [0.15, 0.2) is 29.1 Å². The van der Waals surface area contributed by atoms with Gasteiger partial charge in [-0.1, -0.05) is 55.2 Å². The molecule has 1 fully saturated rings. The Morgan fingerprint density at radius 3 is 2.39 bits per heavy atom. The molecule has 0 spiro atoms. The van der Waals surface area contributed by atoms with Crippen LogP contribution in [0.1, 0.15) is 31.9 Å². The van der Waals surface area contributed by atoms with Crippen LogP contribution in [-0.2, 0) is 12.8 Å². The van der Waals surface area contributed by atoms with Gasteiger partial charge in [0, 0.05) is 25.7 Å². The molecule has 1 saturated heterocycles. The van der Waals surface area contributed by atoms with Gasteiger partial charge in [0.15, 0.2) is 5.65 Å². The zero-order chi connectivity index (χ0) is 23.9. The van der Waals surface area contributed by atoms with Crippen LogP contribution in [0.4, 0.5) is 10.6 Å². The molecule has 1 aliphatic rings. The number of carboxylic acid groups (broad SMARTS) is 1. The molecular formula is C23H25Cl2N5O3. The highest BCUT2D eigenvalue weighted by Gasteiger charge is 2.30. The molecule has 0 aliphatic carbocycles. The minimum Gasteiger partial charge on any atom is -0.465 e. The van der Waals surface area contributed by atoms with Crippen molar-refractivity contribution in [2.75, 3.05) is 24.5 Å². The van der Waals surface area contributed by atoms with E-state index in [1.807, 2.05) is 43.9 Å². The molecule has 1 amide bonds. The number of carbonyl (C=O) groups is 1. The third kappa shape index (κ3) is 4.13. The SMILES string of the molecule is CCc1cccc(CC)c1-n1c(=O)nc(N2CCN(C(=O)O)CC2C)c2cc(Cl)c(Cl)nc21. The van der Waals surface area contributed by atoms with Crippen molar-refractivity contribution < 1.29 is 9.90 Å². The number of anilines is 1. The number of benzene rings is 1. The lowest BCUT2D eigenvalue weighted by Crippen LogP contribution is -2.54. The van der Waals surface area contributed by atoms with Crippen molar-refractivity contribution >= 4 is 46.1 Å². The number of nitrogens with zero attached hydrogens (tertiary/aromatic N) is 5. The molecule has 8 nitrogen and oxygen atoms in total. The number of fused-ring (bicyclic) bond motifs is 1. The maximum absolute atomic E-state index is 13.5. The second-order valence-corrected chi connectivity index (χ2v) is 8.85. The van der Waals surface area contributed by atoms with Crippen LogP contribution in [0.2, 0.25) is 10.2 Å². The van der Waals surface area contributed by atoms with Crippen LogP contribution in [0.5, 0.6) is 0 Å². The molecule has 1 aromatic carbocycles. The first kappa shape index (κ1) is 23.3. The molecule has 3 heterocycles. The van der Waals surface area contributed by atoms with Crippen molar-refractivity contribution in [1.29, 1.82) is 0 Å². The van der Waals surface area contributed by atoms with E-state index in [1.165, 1.54) is 9.47 Å². The Morgan fingerprint density at radius 2 is 1.82 bits per heavy atom. The van der Waals surface area contributed by atoms with E-state index in [0.29, 0.717) is 36.5 Å². The maximum atomic E-state index is 13.5. The number of hydrogen-bond acceptors (Lipinski definition) is 5. The van der Waals surface area contributed by atoms with Crippen molar-refractivity contribution in [3.63, 3.8) is 0 Å². The molecule has 4 rings (SSSR count). The van der Waals surface area contributed by atoms with Gasteiger partial charge in [-0.3, -0.25) is 0 Å². The molecule has 33 heavy (non-hydrogen) atoms. The standard InChI is InChI=1S/C23H25Cl2N5O3/c1-4-14-7-6-8-15(5-2)18(14)30-21-16(11-17(24)19(25)26-21)20(27-22(30)31)29-10-9-28(23(32)33)12-13(29)3/h6-8,11,13H,4-5,9-10,12H2,1-3H3,(H,32,33). The summed E-state index contributed by atoms with van der Waals surface area (Å²) in [4.78, 5) is 37.2. The Labute approximate surface area is 201 Å². The van der Waals surface area contributed by atoms with Gasteiger partial charge in [0.2, 0.25) is 0 Å². The topological polar surface area (TPSA) is 91.6 Å². The fraction of sp³-hybridized carbons (Fsp3) is 0.391. The zero-order valence-electron chi connectivity index (χ0n) is 18.7. The number of hydrogen-bond donors (Lipinski definition) is 1. The van der Waals surface area contributed by atoms with Gasteiger partial charge in [0.05, 0.1) is 16.1 Å². The first-order valence-corrected chi connectivity index (χ1v) is 11.7. The second kappa shape index (κ2) is 9.19. The first-order chi connectivity index (χ1) is 15.8. The molecule has 1 aliphatic heterocycles. The van der Waals surface area contributed by atoms with E-state index in [4.69, 9.17) is 23.2 Å². The molecular weight excluding hydrogens is 465 g/mol. The van der Waals surface area contributed by atoms with Crippen molar-refractivity contribution in [3.8, 4) is 5.69 Å². The number of amides is 1. The average molecular weight is 490 g/mol. The van der Waals surface area contributed by atoms with Gasteiger partial charge in [0.1, 0.15) is 11.0 Å². The minimum atomic E-state index is -0.963. The van der Waals surface area contributed by atoms with E-state index in [-0.39, 0.29) is 16.2 Å². The van der Waals surface area contributed by atoms with Crippen LogP contribution in [0.25, 0.3) is 16.7 Å². The monoisotopic (exact) mass is 489 g/mol. The molecule has 3 aromatic rings. The third-order valence-electron chi connectivity index (χ3n) is 6.12. The summed E-state index contributed by atoms with van der Waals surface area (Å²) >= 11 is 12.6. The fourth-order valence-electron chi connectivity index (χ4n) is 4.45. The van der Waals surface area contributed by atoms with Crippen LogP contribution in [-0.4, -0.2) is 56.3 Å². The normalized spacial score (nSPS) is 16.5. The molecule has 174 valence electrons. The number of para-hydroxylation sites is 1. The highest BCUT2D eigenvalue weighted by molar-refractivity contribution is 6.41. The van der Waals surface area contributed by atoms with E-state index >= 15 is 0 Å². The lowest BCUT2D eigenvalue weighted by atomic mass is 10.0. The summed E-state index contributed by atoms with van der Waals surface area (Å²) in [6.45, 7) is 6.97. The zero-order valence-corrected chi connectivity index (χ0v) is 20.2. The predicted molar refractivity (Wildman–Crippen MR) is 130 cm³/mol. The molecule has 2 aromatic heterocycles. The largest absolute Gasteiger partial charge is 0.465 e. The van der Waals surface area contributed by atoms with Gasteiger partial charge >= 0.3 is 11.8 Å². The molecule has 0 saturated carbocycles. The number of halogens is 2. The van der Waals surface area contributed by atoms with Crippen LogP contribution in [0.3, 0.4) is 0 Å². The van der Waals surface area contributed by atoms with Gasteiger partial charge in [-0.2, -0.15) is 4.98 Å². The highest BCUT2D eigenvalue weighted by Crippen LogP contribution is 2.33. The number of pyridine rings is 1. The van der Waals surface area contributed by atoms with Gasteiger partial charge in [-0.25, -0.2) is 19.1 Å². The highest BCUT2D eigenvalue weighted by atomic mass is 35.5. The Kier molecular flexibility index (Phi) is 6.50. The second-order valence-electron chi connectivity index (χ2n) is 8.09. The van der Waals surface area contributed by atoms with Gasteiger partial charge in [-0.15, -0.1) is 0 Å². The smallest absolute Gasteiger partial charge is 0.407 e. The van der Waals surface area contributed by atoms with Crippen molar-refractivity contribution in [1.82, 2.24) is 19.4 Å². The Balaban J connectivity index is 1.99. The van der Waals surface area contributed by atoms with Crippen LogP contribution >= 0.6 is 23.2 Å². The van der Waals surface area contributed by atoms with Crippen molar-refractivity contribution in [2.45, 2.75) is 39.7 Å². The fourth-order valence-corrected chi connectivity index (χ4v) is 4.74. The summed E-state index contributed by atoms with van der Waals surface area (Å²) in [5.41, 5.74) is 2.69. The maximum Gasteiger partial charge on any atom is 0.407 e. The van der Waals surface area contributed by atoms with E-state index in [9.17, 15) is 14.7 Å². The summed E-state index contributed by atoms with van der Waals surface area (Å²) in [6.07, 6.45) is 0.498. The van der Waals surface area contributed by atoms with Crippen LogP contribution < -0.4 is 10.6 Å². The van der Waals surface area contributed by atoms with Crippen molar-refractivity contribution in [2.24, 2.45) is 0 Å². The summed E-state index contributed by atoms with van der Waals surface area (Å²) in [5, 5.41) is 10.3. The molecule has 10 heteroatoms. The third-order valence-corrected chi connectivity index (χ3v) is 6.79. The first-order valence-electron chi connectivity index (χ1n) is 10.9. The number of rotatable bonds is 4. The summed E-state index contributed by atoms with van der Waals surface area (Å²) < 4.78 is 1.52. The summed E-state index contributed by atoms with van der Waals surface area (Å²) in [7, 11) is 0. The van der Waals surface area contributed by atoms with E-state index in [0.717, 1.165) is 29.7 Å². The van der Waals surface area contributed by atoms with E-state index < -0.39 is 11.8 Å². The van der Waals surface area contributed by atoms with Gasteiger partial charge < -0.3 is 14.9 Å². The molecule has 0 bridgehead atoms. The molecule has 1 N–H and O–H groups in total. The number of aromatic nitrogens is 3. The van der Waals surface area contributed by atoms with Gasteiger partial charge in [-0.05, 0) is 37.0 Å². The van der Waals surface area contributed by atoms with E-state index in [1.54, 1.807) is 6.07 Å². The number of aryl methyl sites for hydroxylation is 2. The lowest BCUT2D eigenvalue weighted by molar-refractivity contribution is 0.136. The van der Waals surface area contributed by atoms with E-state index in [2.05, 4.69) is 9.97 Å². The Hall–Kier alpha value is -2.84. The predicted octanol–water partition coefficient (Wildman–Crippen LogP) is 4.40. The van der Waals surface area contributed by atoms with Gasteiger partial charge in [0.25, 0.3) is 0 Å². The molecule has 0 radical (unpaired) electrons. The molecule has 1 atom stereocenters. The lowest BCUT2D eigenvalue weighted by Gasteiger charge is -2.39. The minimum absolute atomic E-state index is 0.102. The Bertz CT molecular complexity index is 1270. The summed E-state index contributed by atoms with van der Waals surface area (Å²) in [6, 6.07) is 7.46. The Morgan fingerprint density at radius 1 is 1.15 bits per heavy atom. The van der Waals surface area contributed by atoms with Crippen LogP contribution in [0, 0.1) is 0 Å². The quantitative estimate of drug-likeness (QED) is 0.546. The molecule has 1 unspecified atom stereocenters. The summed E-state index contributed by atoms with van der Waals surface area (Å²) in [5.74, 6) is 0.432. The average Bonchev–Trinajstić information content (AvgIpc) is 2.79. The van der Waals surface area contributed by atoms with Crippen molar-refractivity contribution in [3.05, 3.63) is 56.1 Å².